The minimum absolute atomic E-state index is 0.579. The quantitative estimate of drug-likeness (QED) is 0.659. The molecule has 1 rings (SSSR count). The van der Waals surface area contributed by atoms with E-state index in [0.717, 1.165) is 37.0 Å². The van der Waals surface area contributed by atoms with E-state index >= 15 is 0 Å². The van der Waals surface area contributed by atoms with Gasteiger partial charge in [-0.2, -0.15) is 0 Å². The molecule has 1 aromatic carbocycles. The summed E-state index contributed by atoms with van der Waals surface area (Å²) in [4.78, 5) is 10.3. The third-order valence-corrected chi connectivity index (χ3v) is 2.41. The predicted octanol–water partition coefficient (Wildman–Crippen LogP) is 3.24. The van der Waals surface area contributed by atoms with E-state index in [2.05, 4.69) is 13.8 Å². The normalized spacial score (nSPS) is 10.4. The topological polar surface area (TPSA) is 26.3 Å². The lowest BCUT2D eigenvalue weighted by Crippen LogP contribution is -2.01. The van der Waals surface area contributed by atoms with Gasteiger partial charge in [0.2, 0.25) is 0 Å². The number of carbonyl (C=O) groups is 1. The van der Waals surface area contributed by atoms with Crippen LogP contribution in [0.4, 0.5) is 0 Å². The number of hydrogen-bond donors (Lipinski definition) is 0. The molecule has 0 aliphatic carbocycles. The van der Waals surface area contributed by atoms with Gasteiger partial charge in [-0.1, -0.05) is 26.0 Å². The lowest BCUT2D eigenvalue weighted by molar-refractivity contribution is -0.107. The second-order valence-corrected chi connectivity index (χ2v) is 4.38. The van der Waals surface area contributed by atoms with Crippen molar-refractivity contribution >= 4 is 6.29 Å². The van der Waals surface area contributed by atoms with Crippen LogP contribution in [0.15, 0.2) is 24.3 Å². The Morgan fingerprint density at radius 1 is 1.38 bits per heavy atom. The van der Waals surface area contributed by atoms with Crippen LogP contribution in [-0.2, 0) is 11.2 Å². The van der Waals surface area contributed by atoms with E-state index in [1.165, 1.54) is 0 Å². The van der Waals surface area contributed by atoms with Crippen molar-refractivity contribution in [3.8, 4) is 5.75 Å². The number of ether oxygens (including phenoxy) is 1. The number of aldehydes is 1. The molecule has 2 nitrogen and oxygen atoms in total. The molecule has 1 aromatic rings. The second-order valence-electron chi connectivity index (χ2n) is 4.38. The highest BCUT2D eigenvalue weighted by molar-refractivity contribution is 5.50. The monoisotopic (exact) mass is 220 g/mol. The maximum Gasteiger partial charge on any atom is 0.120 e. The average molecular weight is 220 g/mol. The minimum atomic E-state index is 0.579. The summed E-state index contributed by atoms with van der Waals surface area (Å²) in [6.07, 6.45) is 3.39. The molecule has 0 spiro atoms. The molecule has 0 radical (unpaired) electrons. The van der Waals surface area contributed by atoms with Gasteiger partial charge in [0.05, 0.1) is 6.61 Å². The Labute approximate surface area is 97.6 Å². The lowest BCUT2D eigenvalue weighted by Gasteiger charge is -2.09. The SMILES string of the molecule is CC(C)CCOc1cccc(CCC=O)c1. The van der Waals surface area contributed by atoms with Gasteiger partial charge in [0, 0.05) is 6.42 Å². The zero-order valence-corrected chi connectivity index (χ0v) is 10.1. The summed E-state index contributed by atoms with van der Waals surface area (Å²) in [5.74, 6) is 1.57. The van der Waals surface area contributed by atoms with Crippen LogP contribution in [0.3, 0.4) is 0 Å². The molecule has 88 valence electrons. The summed E-state index contributed by atoms with van der Waals surface area (Å²) in [6.45, 7) is 5.13. The highest BCUT2D eigenvalue weighted by Gasteiger charge is 1.98. The van der Waals surface area contributed by atoms with Gasteiger partial charge < -0.3 is 9.53 Å². The molecule has 0 saturated carbocycles. The van der Waals surface area contributed by atoms with Crippen LogP contribution in [0.25, 0.3) is 0 Å². The largest absolute Gasteiger partial charge is 0.494 e. The molecule has 0 heterocycles. The van der Waals surface area contributed by atoms with E-state index < -0.39 is 0 Å². The van der Waals surface area contributed by atoms with Gasteiger partial charge in [-0.3, -0.25) is 0 Å². The Morgan fingerprint density at radius 3 is 2.88 bits per heavy atom. The molecule has 0 aliphatic rings. The molecule has 0 unspecified atom stereocenters. The van der Waals surface area contributed by atoms with E-state index in [1.807, 2.05) is 24.3 Å². The summed E-state index contributed by atoms with van der Waals surface area (Å²) in [5, 5.41) is 0. The van der Waals surface area contributed by atoms with Crippen molar-refractivity contribution < 1.29 is 9.53 Å². The number of hydrogen-bond acceptors (Lipinski definition) is 2. The van der Waals surface area contributed by atoms with Crippen molar-refractivity contribution in [3.63, 3.8) is 0 Å². The second kappa shape index (κ2) is 7.04. The van der Waals surface area contributed by atoms with Crippen molar-refractivity contribution in [3.05, 3.63) is 29.8 Å². The molecule has 0 amide bonds. The fourth-order valence-corrected chi connectivity index (χ4v) is 1.43. The molecule has 0 saturated heterocycles. The molecule has 16 heavy (non-hydrogen) atoms. The highest BCUT2D eigenvalue weighted by Crippen LogP contribution is 2.15. The van der Waals surface area contributed by atoms with Crippen molar-refractivity contribution in [1.82, 2.24) is 0 Å². The van der Waals surface area contributed by atoms with Gasteiger partial charge in [0.1, 0.15) is 12.0 Å². The third kappa shape index (κ3) is 4.96. The van der Waals surface area contributed by atoms with Crippen LogP contribution < -0.4 is 4.74 Å². The number of carbonyl (C=O) groups excluding carboxylic acids is 1. The zero-order chi connectivity index (χ0) is 11.8. The molecule has 0 atom stereocenters. The van der Waals surface area contributed by atoms with Crippen molar-refractivity contribution in [2.75, 3.05) is 6.61 Å². The Morgan fingerprint density at radius 2 is 2.19 bits per heavy atom. The van der Waals surface area contributed by atoms with E-state index in [4.69, 9.17) is 4.74 Å². The fourth-order valence-electron chi connectivity index (χ4n) is 1.43. The summed E-state index contributed by atoms with van der Waals surface area (Å²) in [6, 6.07) is 7.98. The number of rotatable bonds is 7. The van der Waals surface area contributed by atoms with E-state index in [0.29, 0.717) is 12.3 Å². The van der Waals surface area contributed by atoms with Gasteiger partial charge >= 0.3 is 0 Å². The van der Waals surface area contributed by atoms with E-state index in [1.54, 1.807) is 0 Å². The minimum Gasteiger partial charge on any atom is -0.494 e. The zero-order valence-electron chi connectivity index (χ0n) is 10.1. The van der Waals surface area contributed by atoms with Crippen LogP contribution in [0.5, 0.6) is 5.75 Å². The van der Waals surface area contributed by atoms with E-state index in [-0.39, 0.29) is 0 Å². The Bertz CT molecular complexity index is 318. The van der Waals surface area contributed by atoms with Crippen molar-refractivity contribution in [2.45, 2.75) is 33.1 Å². The molecule has 0 fully saturated rings. The summed E-state index contributed by atoms with van der Waals surface area (Å²) in [5.41, 5.74) is 1.16. The first-order valence-corrected chi connectivity index (χ1v) is 5.87. The number of benzene rings is 1. The van der Waals surface area contributed by atoms with Crippen LogP contribution in [0, 0.1) is 5.92 Å². The highest BCUT2D eigenvalue weighted by atomic mass is 16.5. The van der Waals surface area contributed by atoms with E-state index in [9.17, 15) is 4.79 Å². The van der Waals surface area contributed by atoms with Gasteiger partial charge in [-0.05, 0) is 36.5 Å². The van der Waals surface area contributed by atoms with Gasteiger partial charge in [0.25, 0.3) is 0 Å². The molecule has 0 aromatic heterocycles. The van der Waals surface area contributed by atoms with Crippen LogP contribution in [0.2, 0.25) is 0 Å². The van der Waals surface area contributed by atoms with Crippen LogP contribution in [-0.4, -0.2) is 12.9 Å². The maximum atomic E-state index is 10.3. The smallest absolute Gasteiger partial charge is 0.120 e. The standard InChI is InChI=1S/C14H20O2/c1-12(2)8-10-16-14-7-3-5-13(11-14)6-4-9-15/h3,5,7,9,11-12H,4,6,8,10H2,1-2H3. The van der Waals surface area contributed by atoms with Gasteiger partial charge in [0.15, 0.2) is 0 Å². The fraction of sp³-hybridized carbons (Fsp3) is 0.500. The summed E-state index contributed by atoms with van der Waals surface area (Å²) < 4.78 is 5.65. The Balaban J connectivity index is 2.43. The van der Waals surface area contributed by atoms with Gasteiger partial charge in [-0.25, -0.2) is 0 Å². The summed E-state index contributed by atoms with van der Waals surface area (Å²) in [7, 11) is 0. The van der Waals surface area contributed by atoms with Crippen LogP contribution >= 0.6 is 0 Å². The molecular formula is C14H20O2. The average Bonchev–Trinajstić information content (AvgIpc) is 2.26. The van der Waals surface area contributed by atoms with Crippen molar-refractivity contribution in [2.24, 2.45) is 5.92 Å². The molecule has 0 N–H and O–H groups in total. The van der Waals surface area contributed by atoms with Crippen molar-refractivity contribution in [1.29, 1.82) is 0 Å². The molecular weight excluding hydrogens is 200 g/mol. The third-order valence-electron chi connectivity index (χ3n) is 2.41. The predicted molar refractivity (Wildman–Crippen MR) is 65.8 cm³/mol. The lowest BCUT2D eigenvalue weighted by atomic mass is 10.1. The first-order chi connectivity index (χ1) is 7.72. The molecule has 0 bridgehead atoms. The number of aryl methyl sites for hydroxylation is 1. The molecule has 0 aliphatic heterocycles. The molecule has 2 heteroatoms. The first kappa shape index (κ1) is 12.8. The van der Waals surface area contributed by atoms with Crippen LogP contribution in [0.1, 0.15) is 32.3 Å². The summed E-state index contributed by atoms with van der Waals surface area (Å²) >= 11 is 0. The first-order valence-electron chi connectivity index (χ1n) is 5.87. The Hall–Kier alpha value is -1.31. The Kier molecular flexibility index (Phi) is 5.62. The van der Waals surface area contributed by atoms with Gasteiger partial charge in [-0.15, -0.1) is 0 Å². The maximum absolute atomic E-state index is 10.3.